The second-order valence-corrected chi connectivity index (χ2v) is 2.71. The Labute approximate surface area is 94.2 Å². The van der Waals surface area contributed by atoms with Crippen molar-refractivity contribution < 1.29 is 4.74 Å². The van der Waals surface area contributed by atoms with Crippen LogP contribution >= 0.6 is 0 Å². The normalized spacial score (nSPS) is 9.60. The second kappa shape index (κ2) is 10.6. The molecule has 0 fully saturated rings. The topological polar surface area (TPSA) is 9.23 Å². The first-order valence-electron chi connectivity index (χ1n) is 5.08. The molecule has 0 saturated carbocycles. The van der Waals surface area contributed by atoms with Gasteiger partial charge < -0.3 is 4.74 Å². The summed E-state index contributed by atoms with van der Waals surface area (Å²) in [5.74, 6) is 1.14. The Kier molecular flexibility index (Phi) is 11.2. The fourth-order valence-electron chi connectivity index (χ4n) is 0.658. The van der Waals surface area contributed by atoms with Gasteiger partial charge in [-0.05, 0) is 26.0 Å². The maximum absolute atomic E-state index is 5.24. The van der Waals surface area contributed by atoms with Gasteiger partial charge in [-0.2, -0.15) is 0 Å². The number of allylic oxidation sites excluding steroid dienone is 5. The molecule has 15 heavy (non-hydrogen) atoms. The summed E-state index contributed by atoms with van der Waals surface area (Å²) in [7, 11) is 0. The van der Waals surface area contributed by atoms with Gasteiger partial charge in [-0.3, -0.25) is 0 Å². The lowest BCUT2D eigenvalue weighted by molar-refractivity contribution is 0.340. The molecule has 0 spiro atoms. The summed E-state index contributed by atoms with van der Waals surface area (Å²) in [5.41, 5.74) is 0.960. The van der Waals surface area contributed by atoms with Gasteiger partial charge in [-0.25, -0.2) is 0 Å². The van der Waals surface area contributed by atoms with Crippen LogP contribution in [0.2, 0.25) is 0 Å². The van der Waals surface area contributed by atoms with E-state index in [2.05, 4.69) is 19.7 Å². The highest BCUT2D eigenvalue weighted by Gasteiger charge is 1.90. The van der Waals surface area contributed by atoms with Gasteiger partial charge in [-0.15, -0.1) is 0 Å². The molecule has 0 amide bonds. The highest BCUT2D eigenvalue weighted by Crippen LogP contribution is 2.06. The number of ether oxygens (including phenoxy) is 1. The Morgan fingerprint density at radius 1 is 0.933 bits per heavy atom. The van der Waals surface area contributed by atoms with E-state index in [-0.39, 0.29) is 0 Å². The Morgan fingerprint density at radius 3 is 1.80 bits per heavy atom. The standard InChI is InChI=1S/C12H16O.C2H6/c1-6-7-11(4)13-12(5)9-8-10(2)3;1-2/h6-9H,2,4-5H2,1,3H3;1-2H3/b7-6-,9-8-;. The van der Waals surface area contributed by atoms with Gasteiger partial charge in [0.05, 0.1) is 0 Å². The molecule has 0 heterocycles. The van der Waals surface area contributed by atoms with Crippen LogP contribution in [0.15, 0.2) is 61.1 Å². The molecule has 0 aromatic carbocycles. The largest absolute Gasteiger partial charge is 0.459 e. The predicted molar refractivity (Wildman–Crippen MR) is 69.5 cm³/mol. The minimum atomic E-state index is 0.561. The summed E-state index contributed by atoms with van der Waals surface area (Å²) in [6.07, 6.45) is 7.24. The van der Waals surface area contributed by atoms with Crippen LogP contribution in [-0.2, 0) is 4.74 Å². The summed E-state index contributed by atoms with van der Waals surface area (Å²) >= 11 is 0. The zero-order valence-corrected chi connectivity index (χ0v) is 10.3. The van der Waals surface area contributed by atoms with Crippen molar-refractivity contribution in [2.24, 2.45) is 0 Å². The van der Waals surface area contributed by atoms with Crippen LogP contribution in [0.1, 0.15) is 27.7 Å². The maximum atomic E-state index is 5.24. The first-order valence-corrected chi connectivity index (χ1v) is 5.08. The van der Waals surface area contributed by atoms with Crippen LogP contribution < -0.4 is 0 Å². The number of rotatable bonds is 5. The van der Waals surface area contributed by atoms with E-state index in [1.165, 1.54) is 0 Å². The fourth-order valence-corrected chi connectivity index (χ4v) is 0.658. The minimum Gasteiger partial charge on any atom is -0.459 e. The smallest absolute Gasteiger partial charge is 0.120 e. The molecule has 0 aliphatic rings. The van der Waals surface area contributed by atoms with Crippen LogP contribution in [0.25, 0.3) is 0 Å². The zero-order valence-electron chi connectivity index (χ0n) is 10.3. The lowest BCUT2D eigenvalue weighted by Crippen LogP contribution is -1.84. The molecule has 84 valence electrons. The van der Waals surface area contributed by atoms with Gasteiger partial charge in [-0.1, -0.05) is 51.3 Å². The molecule has 0 aromatic rings. The second-order valence-electron chi connectivity index (χ2n) is 2.71. The van der Waals surface area contributed by atoms with Crippen molar-refractivity contribution in [1.82, 2.24) is 0 Å². The van der Waals surface area contributed by atoms with Gasteiger partial charge >= 0.3 is 0 Å². The van der Waals surface area contributed by atoms with Gasteiger partial charge in [0.25, 0.3) is 0 Å². The highest BCUT2D eigenvalue weighted by molar-refractivity contribution is 5.21. The van der Waals surface area contributed by atoms with Crippen LogP contribution in [0.5, 0.6) is 0 Å². The molecule has 0 atom stereocenters. The lowest BCUT2D eigenvalue weighted by atomic mass is 10.3. The summed E-state index contributed by atoms with van der Waals surface area (Å²) in [5, 5.41) is 0. The van der Waals surface area contributed by atoms with Crippen LogP contribution in [0, 0.1) is 0 Å². The maximum Gasteiger partial charge on any atom is 0.120 e. The van der Waals surface area contributed by atoms with Crippen molar-refractivity contribution in [3.8, 4) is 0 Å². The average molecular weight is 206 g/mol. The molecule has 1 heteroatoms. The molecule has 0 rings (SSSR count). The molecule has 0 saturated heterocycles. The van der Waals surface area contributed by atoms with Crippen molar-refractivity contribution in [1.29, 1.82) is 0 Å². The average Bonchev–Trinajstić information content (AvgIpc) is 2.18. The van der Waals surface area contributed by atoms with E-state index in [4.69, 9.17) is 4.74 Å². The van der Waals surface area contributed by atoms with Crippen LogP contribution in [0.4, 0.5) is 0 Å². The molecule has 0 unspecified atom stereocenters. The molecule has 0 N–H and O–H groups in total. The van der Waals surface area contributed by atoms with Crippen molar-refractivity contribution in [2.45, 2.75) is 27.7 Å². The Balaban J connectivity index is 0. The third-order valence-electron chi connectivity index (χ3n) is 1.17. The highest BCUT2D eigenvalue weighted by atomic mass is 16.5. The third kappa shape index (κ3) is 12.5. The first-order chi connectivity index (χ1) is 7.06. The lowest BCUT2D eigenvalue weighted by Gasteiger charge is -2.03. The third-order valence-corrected chi connectivity index (χ3v) is 1.17. The molecular weight excluding hydrogens is 184 g/mol. The van der Waals surface area contributed by atoms with E-state index in [9.17, 15) is 0 Å². The minimum absolute atomic E-state index is 0.561. The van der Waals surface area contributed by atoms with Crippen molar-refractivity contribution in [3.05, 3.63) is 61.1 Å². The van der Waals surface area contributed by atoms with Gasteiger partial charge in [0.15, 0.2) is 0 Å². The first kappa shape index (κ1) is 15.9. The van der Waals surface area contributed by atoms with E-state index in [1.807, 2.05) is 39.8 Å². The monoisotopic (exact) mass is 206 g/mol. The summed E-state index contributed by atoms with van der Waals surface area (Å²) in [6, 6.07) is 0. The Bertz CT molecular complexity index is 267. The zero-order chi connectivity index (χ0) is 12.3. The Hall–Kier alpha value is -1.50. The van der Waals surface area contributed by atoms with Crippen LogP contribution in [0.3, 0.4) is 0 Å². The van der Waals surface area contributed by atoms with E-state index >= 15 is 0 Å². The molecule has 1 nitrogen and oxygen atoms in total. The molecular formula is C14H22O. The number of hydrogen-bond acceptors (Lipinski definition) is 1. The van der Waals surface area contributed by atoms with Crippen molar-refractivity contribution >= 4 is 0 Å². The van der Waals surface area contributed by atoms with Gasteiger partial charge in [0.2, 0.25) is 0 Å². The fraction of sp³-hybridized carbons (Fsp3) is 0.286. The Morgan fingerprint density at radius 2 is 1.40 bits per heavy atom. The quantitative estimate of drug-likeness (QED) is 0.465. The molecule has 0 bridgehead atoms. The molecule has 0 aliphatic carbocycles. The van der Waals surface area contributed by atoms with Gasteiger partial charge in [0.1, 0.15) is 11.5 Å². The summed E-state index contributed by atoms with van der Waals surface area (Å²) in [6.45, 7) is 18.9. The summed E-state index contributed by atoms with van der Waals surface area (Å²) < 4.78 is 5.24. The molecule has 0 aliphatic heterocycles. The molecule has 0 radical (unpaired) electrons. The van der Waals surface area contributed by atoms with Crippen molar-refractivity contribution in [3.63, 3.8) is 0 Å². The summed E-state index contributed by atoms with van der Waals surface area (Å²) in [4.78, 5) is 0. The molecule has 0 aromatic heterocycles. The van der Waals surface area contributed by atoms with Crippen LogP contribution in [-0.4, -0.2) is 0 Å². The van der Waals surface area contributed by atoms with E-state index < -0.39 is 0 Å². The van der Waals surface area contributed by atoms with E-state index in [0.29, 0.717) is 11.5 Å². The van der Waals surface area contributed by atoms with Gasteiger partial charge in [0, 0.05) is 0 Å². The van der Waals surface area contributed by atoms with Crippen molar-refractivity contribution in [2.75, 3.05) is 0 Å². The van der Waals surface area contributed by atoms with E-state index in [1.54, 1.807) is 12.2 Å². The SMILES string of the molecule is C=C(C)/C=C\C(=C)OC(=C)/C=C\C.CC. The van der Waals surface area contributed by atoms with E-state index in [0.717, 1.165) is 5.57 Å². The number of hydrogen-bond donors (Lipinski definition) is 0. The predicted octanol–water partition coefficient (Wildman–Crippen LogP) is 4.77.